The molecule has 3 aromatic carbocycles. The van der Waals surface area contributed by atoms with Crippen LogP contribution in [0.5, 0.6) is 11.5 Å². The minimum absolute atomic E-state index is 0.208. The molecular weight excluding hydrogens is 469 g/mol. The zero-order valence-corrected chi connectivity index (χ0v) is 20.9. The second-order valence-corrected chi connectivity index (χ2v) is 8.73. The molecule has 0 spiro atoms. The number of ether oxygens (including phenoxy) is 2. The van der Waals surface area contributed by atoms with Crippen LogP contribution in [0.25, 0.3) is 22.0 Å². The van der Waals surface area contributed by atoms with Gasteiger partial charge in [0.25, 0.3) is 0 Å². The number of para-hydroxylation sites is 1. The summed E-state index contributed by atoms with van der Waals surface area (Å²) in [6.45, 7) is 1.95. The molecule has 2 aromatic heterocycles. The third-order valence-electron chi connectivity index (χ3n) is 6.56. The van der Waals surface area contributed by atoms with Crippen LogP contribution >= 0.6 is 0 Å². The van der Waals surface area contributed by atoms with Gasteiger partial charge in [-0.3, -0.25) is 0 Å². The lowest BCUT2D eigenvalue weighted by atomic mass is 9.91. The minimum atomic E-state index is -0.698. The number of aromatic amines is 1. The minimum Gasteiger partial charge on any atom is -0.496 e. The Bertz CT molecular complexity index is 1600. The number of aryl methyl sites for hydroxylation is 1. The Morgan fingerprint density at radius 2 is 1.78 bits per heavy atom. The second kappa shape index (κ2) is 9.81. The molecule has 2 heterocycles. The van der Waals surface area contributed by atoms with Crippen molar-refractivity contribution in [3.63, 3.8) is 0 Å². The first-order valence-electron chi connectivity index (χ1n) is 11.9. The lowest BCUT2D eigenvalue weighted by Crippen LogP contribution is -2.12. The van der Waals surface area contributed by atoms with E-state index in [1.54, 1.807) is 25.4 Å². The summed E-state index contributed by atoms with van der Waals surface area (Å²) >= 11 is 0. The molecule has 5 aromatic rings. The van der Waals surface area contributed by atoms with Crippen molar-refractivity contribution >= 4 is 22.3 Å². The molecule has 0 aliphatic carbocycles. The molecule has 1 atom stereocenters. The van der Waals surface area contributed by atoms with Gasteiger partial charge in [-0.15, -0.1) is 0 Å². The highest BCUT2D eigenvalue weighted by molar-refractivity contribution is 5.93. The monoisotopic (exact) mass is 497 g/mol. The normalized spacial score (nSPS) is 12.0. The van der Waals surface area contributed by atoms with E-state index in [1.165, 1.54) is 7.11 Å². The van der Waals surface area contributed by atoms with Crippen molar-refractivity contribution in [1.29, 1.82) is 0 Å². The van der Waals surface area contributed by atoms with E-state index >= 15 is 4.39 Å². The molecular formula is C29H28FN5O2. The number of aromatic nitrogens is 3. The number of rotatable bonds is 7. The summed E-state index contributed by atoms with van der Waals surface area (Å²) in [5.41, 5.74) is 16.1. The summed E-state index contributed by atoms with van der Waals surface area (Å²) in [4.78, 5) is 12.8. The standard InChI is InChI=1S/C29H28FN5O2/c1-4-16-9-11-21(26(30)27(16)37-3)25(22-14-17-13-18(31)10-12-19(17)28(32)34-22)29-33-15-23(35-29)20-7-5-6-8-24(20)36-2/h5-15,25H,4,31H2,1-3H3,(H2,32,34)(H,33,35). The smallest absolute Gasteiger partial charge is 0.169 e. The Hall–Kier alpha value is -4.59. The number of nitrogen functional groups attached to an aromatic ring is 2. The zero-order valence-electron chi connectivity index (χ0n) is 20.9. The summed E-state index contributed by atoms with van der Waals surface area (Å²) in [5, 5.41) is 1.58. The van der Waals surface area contributed by atoms with Crippen LogP contribution in [0.2, 0.25) is 0 Å². The lowest BCUT2D eigenvalue weighted by Gasteiger charge is -2.20. The molecule has 188 valence electrons. The number of benzene rings is 3. The Morgan fingerprint density at radius 3 is 2.54 bits per heavy atom. The number of nitrogens with one attached hydrogen (secondary N) is 1. The van der Waals surface area contributed by atoms with E-state index in [2.05, 4.69) is 9.97 Å². The van der Waals surface area contributed by atoms with Crippen molar-refractivity contribution in [2.75, 3.05) is 25.7 Å². The number of halogens is 1. The maximum absolute atomic E-state index is 16.0. The van der Waals surface area contributed by atoms with Crippen molar-refractivity contribution in [3.05, 3.63) is 95.3 Å². The average molecular weight is 498 g/mol. The van der Waals surface area contributed by atoms with Gasteiger partial charge in [0.15, 0.2) is 11.6 Å². The number of H-pyrrole nitrogens is 1. The van der Waals surface area contributed by atoms with Crippen molar-refractivity contribution in [1.82, 2.24) is 15.0 Å². The van der Waals surface area contributed by atoms with E-state index in [-0.39, 0.29) is 5.75 Å². The van der Waals surface area contributed by atoms with Crippen molar-refractivity contribution in [2.45, 2.75) is 19.3 Å². The van der Waals surface area contributed by atoms with Gasteiger partial charge < -0.3 is 25.9 Å². The maximum Gasteiger partial charge on any atom is 0.169 e. The number of fused-ring (bicyclic) bond motifs is 1. The predicted octanol–water partition coefficient (Wildman–Crippen LogP) is 5.69. The zero-order chi connectivity index (χ0) is 26.1. The number of imidazole rings is 1. The van der Waals surface area contributed by atoms with Gasteiger partial charge in [-0.25, -0.2) is 14.4 Å². The van der Waals surface area contributed by atoms with Gasteiger partial charge in [-0.05, 0) is 53.8 Å². The molecule has 37 heavy (non-hydrogen) atoms. The summed E-state index contributed by atoms with van der Waals surface area (Å²) in [6.07, 6.45) is 2.41. The first-order chi connectivity index (χ1) is 17.9. The first kappa shape index (κ1) is 24.1. The van der Waals surface area contributed by atoms with Crippen molar-refractivity contribution in [3.8, 4) is 22.8 Å². The summed E-state index contributed by atoms with van der Waals surface area (Å²) in [5.74, 6) is 0.555. The Kier molecular flexibility index (Phi) is 6.40. The van der Waals surface area contributed by atoms with Crippen LogP contribution in [0.3, 0.4) is 0 Å². The molecule has 0 aliphatic rings. The molecule has 0 fully saturated rings. The molecule has 0 aliphatic heterocycles. The Morgan fingerprint density at radius 1 is 0.973 bits per heavy atom. The highest BCUT2D eigenvalue weighted by atomic mass is 19.1. The fourth-order valence-electron chi connectivity index (χ4n) is 4.73. The number of nitrogens with zero attached hydrogens (tertiary/aromatic N) is 2. The highest BCUT2D eigenvalue weighted by Crippen LogP contribution is 2.39. The second-order valence-electron chi connectivity index (χ2n) is 8.73. The molecule has 5 N–H and O–H groups in total. The molecule has 0 amide bonds. The molecule has 7 nitrogen and oxygen atoms in total. The third kappa shape index (κ3) is 4.31. The number of hydrogen-bond donors (Lipinski definition) is 3. The SMILES string of the molecule is CCc1ccc(C(c2cc3cc(N)ccc3c(N)n2)c2nc(-c3ccccc3OC)c[nH]2)c(F)c1OC. The van der Waals surface area contributed by atoms with Gasteiger partial charge in [-0.2, -0.15) is 0 Å². The van der Waals surface area contributed by atoms with Crippen molar-refractivity contribution in [2.24, 2.45) is 0 Å². The maximum atomic E-state index is 16.0. The molecule has 8 heteroatoms. The van der Waals surface area contributed by atoms with Gasteiger partial charge >= 0.3 is 0 Å². The topological polar surface area (TPSA) is 112 Å². The fourth-order valence-corrected chi connectivity index (χ4v) is 4.73. The van der Waals surface area contributed by atoms with Crippen LogP contribution in [0.1, 0.15) is 35.5 Å². The van der Waals surface area contributed by atoms with Crippen LogP contribution in [0.15, 0.2) is 66.9 Å². The van der Waals surface area contributed by atoms with Crippen LogP contribution in [-0.4, -0.2) is 29.2 Å². The molecule has 0 saturated heterocycles. The van der Waals surface area contributed by atoms with E-state index in [9.17, 15) is 0 Å². The fraction of sp³-hybridized carbons (Fsp3) is 0.172. The van der Waals surface area contributed by atoms with Crippen LogP contribution < -0.4 is 20.9 Å². The van der Waals surface area contributed by atoms with Gasteiger partial charge in [0.1, 0.15) is 17.4 Å². The largest absolute Gasteiger partial charge is 0.496 e. The summed E-state index contributed by atoms with van der Waals surface area (Å²) < 4.78 is 27.0. The van der Waals surface area contributed by atoms with E-state index in [0.29, 0.717) is 46.5 Å². The van der Waals surface area contributed by atoms with Gasteiger partial charge in [-0.1, -0.05) is 31.2 Å². The van der Waals surface area contributed by atoms with Gasteiger partial charge in [0.05, 0.1) is 31.5 Å². The first-order valence-corrected chi connectivity index (χ1v) is 11.9. The molecule has 1 unspecified atom stereocenters. The van der Waals surface area contributed by atoms with Crippen LogP contribution in [-0.2, 0) is 6.42 Å². The molecule has 0 radical (unpaired) electrons. The summed E-state index contributed by atoms with van der Waals surface area (Å²) in [6, 6.07) is 18.5. The molecule has 5 rings (SSSR count). The Balaban J connectivity index is 1.74. The lowest BCUT2D eigenvalue weighted by molar-refractivity contribution is 0.379. The van der Waals surface area contributed by atoms with E-state index in [0.717, 1.165) is 21.9 Å². The van der Waals surface area contributed by atoms with Gasteiger partial charge in [0, 0.05) is 28.4 Å². The number of hydrogen-bond acceptors (Lipinski definition) is 6. The van der Waals surface area contributed by atoms with Crippen LogP contribution in [0.4, 0.5) is 15.9 Å². The Labute approximate surface area is 214 Å². The quantitative estimate of drug-likeness (QED) is 0.249. The number of methoxy groups -OCH3 is 2. The predicted molar refractivity (Wildman–Crippen MR) is 144 cm³/mol. The number of nitrogens with two attached hydrogens (primary N) is 2. The molecule has 0 bridgehead atoms. The van der Waals surface area contributed by atoms with E-state index in [4.69, 9.17) is 25.9 Å². The third-order valence-corrected chi connectivity index (χ3v) is 6.56. The summed E-state index contributed by atoms with van der Waals surface area (Å²) in [7, 11) is 3.08. The highest BCUT2D eigenvalue weighted by Gasteiger charge is 2.28. The average Bonchev–Trinajstić information content (AvgIpc) is 3.38. The number of anilines is 2. The number of pyridine rings is 1. The van der Waals surface area contributed by atoms with E-state index in [1.807, 2.05) is 55.5 Å². The van der Waals surface area contributed by atoms with E-state index < -0.39 is 11.7 Å². The molecule has 0 saturated carbocycles. The van der Waals surface area contributed by atoms with Crippen LogP contribution in [0, 0.1) is 5.82 Å². The van der Waals surface area contributed by atoms with Gasteiger partial charge in [0.2, 0.25) is 0 Å². The van der Waals surface area contributed by atoms with Crippen molar-refractivity contribution < 1.29 is 13.9 Å².